The first-order chi connectivity index (χ1) is 17.3. The number of aromatic nitrogens is 3. The highest BCUT2D eigenvalue weighted by molar-refractivity contribution is 6.05. The summed E-state index contributed by atoms with van der Waals surface area (Å²) in [7, 11) is 0. The van der Waals surface area contributed by atoms with Crippen LogP contribution in [0.2, 0.25) is 0 Å². The van der Waals surface area contributed by atoms with Gasteiger partial charge in [-0.2, -0.15) is 4.80 Å². The lowest BCUT2D eigenvalue weighted by molar-refractivity contribution is 0.102. The van der Waals surface area contributed by atoms with Gasteiger partial charge in [0.2, 0.25) is 0 Å². The second kappa shape index (κ2) is 10.8. The van der Waals surface area contributed by atoms with Crippen molar-refractivity contribution in [2.45, 2.75) is 41.5 Å². The monoisotopic (exact) mass is 485 g/mol. The Labute approximate surface area is 213 Å². The number of carbonyl (C=O) groups is 1. The Morgan fingerprint density at radius 2 is 1.61 bits per heavy atom. The largest absolute Gasteiger partial charge is 0.493 e. The fraction of sp³-hybridized carbons (Fsp3) is 0.345. The van der Waals surface area contributed by atoms with Gasteiger partial charge in [-0.25, -0.2) is 0 Å². The van der Waals surface area contributed by atoms with Crippen LogP contribution in [-0.2, 0) is 0 Å². The summed E-state index contributed by atoms with van der Waals surface area (Å²) in [5.41, 5.74) is 6.94. The van der Waals surface area contributed by atoms with Crippen molar-refractivity contribution in [3.05, 3.63) is 71.3 Å². The summed E-state index contributed by atoms with van der Waals surface area (Å²) in [6, 6.07) is 17.4. The van der Waals surface area contributed by atoms with Crippen molar-refractivity contribution >= 4 is 28.3 Å². The molecule has 4 aromatic rings. The molecule has 0 saturated carbocycles. The van der Waals surface area contributed by atoms with E-state index >= 15 is 0 Å². The van der Waals surface area contributed by atoms with Gasteiger partial charge in [-0.1, -0.05) is 13.8 Å². The molecule has 0 bridgehead atoms. The van der Waals surface area contributed by atoms with Gasteiger partial charge in [-0.05, 0) is 99.3 Å². The zero-order valence-corrected chi connectivity index (χ0v) is 22.0. The van der Waals surface area contributed by atoms with E-state index in [2.05, 4.69) is 63.0 Å². The summed E-state index contributed by atoms with van der Waals surface area (Å²) in [5, 5.41) is 12.4. The number of ether oxygens (including phenoxy) is 1. The van der Waals surface area contributed by atoms with Crippen LogP contribution in [0.4, 0.5) is 11.4 Å². The first-order valence-corrected chi connectivity index (χ1v) is 12.6. The number of nitrogens with zero attached hydrogens (tertiary/aromatic N) is 4. The first kappa shape index (κ1) is 25.2. The molecule has 0 aliphatic carbocycles. The lowest BCUT2D eigenvalue weighted by Crippen LogP contribution is -2.21. The Morgan fingerprint density at radius 1 is 0.944 bits per heavy atom. The predicted octanol–water partition coefficient (Wildman–Crippen LogP) is 6.17. The third-order valence-electron chi connectivity index (χ3n) is 6.20. The first-order valence-electron chi connectivity index (χ1n) is 12.6. The molecule has 0 unspecified atom stereocenters. The highest BCUT2D eigenvalue weighted by Gasteiger charge is 2.14. The number of fused-ring (bicyclic) bond motifs is 1. The lowest BCUT2D eigenvalue weighted by Gasteiger charge is -2.22. The van der Waals surface area contributed by atoms with Crippen LogP contribution in [0.3, 0.4) is 0 Å². The van der Waals surface area contributed by atoms with Crippen LogP contribution in [0.25, 0.3) is 16.7 Å². The van der Waals surface area contributed by atoms with E-state index in [1.807, 2.05) is 31.2 Å². The quantitative estimate of drug-likeness (QED) is 0.307. The average Bonchev–Trinajstić information content (AvgIpc) is 3.26. The molecule has 1 heterocycles. The van der Waals surface area contributed by atoms with Crippen LogP contribution in [0.15, 0.2) is 54.6 Å². The van der Waals surface area contributed by atoms with Crippen LogP contribution in [0.1, 0.15) is 49.2 Å². The number of aryl methyl sites for hydroxylation is 2. The molecule has 188 valence electrons. The molecular weight excluding hydrogens is 450 g/mol. The van der Waals surface area contributed by atoms with Crippen molar-refractivity contribution in [2.24, 2.45) is 5.92 Å². The predicted molar refractivity (Wildman–Crippen MR) is 147 cm³/mol. The fourth-order valence-corrected chi connectivity index (χ4v) is 4.12. The van der Waals surface area contributed by atoms with Crippen molar-refractivity contribution in [3.8, 4) is 11.4 Å². The topological polar surface area (TPSA) is 72.3 Å². The average molecular weight is 486 g/mol. The van der Waals surface area contributed by atoms with Crippen molar-refractivity contribution in [1.82, 2.24) is 15.0 Å². The van der Waals surface area contributed by atoms with Gasteiger partial charge in [0, 0.05) is 30.0 Å². The van der Waals surface area contributed by atoms with Crippen LogP contribution < -0.4 is 15.0 Å². The van der Waals surface area contributed by atoms with Crippen LogP contribution in [0.5, 0.6) is 5.75 Å². The van der Waals surface area contributed by atoms with Gasteiger partial charge in [0.25, 0.3) is 5.91 Å². The van der Waals surface area contributed by atoms with Gasteiger partial charge >= 0.3 is 0 Å². The number of amides is 1. The summed E-state index contributed by atoms with van der Waals surface area (Å²) in [6.45, 7) is 15.1. The number of anilines is 2. The molecule has 0 radical (unpaired) electrons. The van der Waals surface area contributed by atoms with E-state index in [0.717, 1.165) is 46.7 Å². The summed E-state index contributed by atoms with van der Waals surface area (Å²) in [5.74, 6) is 1.03. The number of nitrogens with one attached hydrogen (secondary N) is 1. The highest BCUT2D eigenvalue weighted by Crippen LogP contribution is 2.25. The number of benzene rings is 3. The maximum absolute atomic E-state index is 12.9. The van der Waals surface area contributed by atoms with Crippen molar-refractivity contribution in [1.29, 1.82) is 0 Å². The van der Waals surface area contributed by atoms with Crippen molar-refractivity contribution < 1.29 is 9.53 Å². The molecule has 7 heteroatoms. The van der Waals surface area contributed by atoms with Crippen LogP contribution >= 0.6 is 0 Å². The molecule has 0 saturated heterocycles. The molecule has 0 aliphatic heterocycles. The van der Waals surface area contributed by atoms with Gasteiger partial charge in [-0.15, -0.1) is 10.2 Å². The molecule has 0 aliphatic rings. The van der Waals surface area contributed by atoms with Crippen LogP contribution in [-0.4, -0.2) is 40.6 Å². The van der Waals surface area contributed by atoms with Crippen LogP contribution in [0, 0.1) is 19.8 Å². The van der Waals surface area contributed by atoms with E-state index in [-0.39, 0.29) is 5.91 Å². The highest BCUT2D eigenvalue weighted by atomic mass is 16.5. The minimum absolute atomic E-state index is 0.178. The summed E-state index contributed by atoms with van der Waals surface area (Å²) < 4.78 is 5.71. The second-order valence-corrected chi connectivity index (χ2v) is 9.47. The second-order valence-electron chi connectivity index (χ2n) is 9.47. The van der Waals surface area contributed by atoms with E-state index in [4.69, 9.17) is 14.9 Å². The van der Waals surface area contributed by atoms with Gasteiger partial charge in [0.15, 0.2) is 0 Å². The molecule has 7 nitrogen and oxygen atoms in total. The standard InChI is InChI=1S/C29H35N5O2/c1-7-33(8-2)23-11-14-28(21(6)15-23)34-31-26-16-20(5)25(17-27(26)32-34)30-29(35)22-9-12-24(13-10-22)36-18-19(3)4/h9-17,19H,7-8,18H2,1-6H3,(H,30,35). The number of carbonyl (C=O) groups excluding carboxylic acids is 1. The van der Waals surface area contributed by atoms with Gasteiger partial charge in [0.05, 0.1) is 12.3 Å². The Bertz CT molecular complexity index is 1350. The lowest BCUT2D eigenvalue weighted by atomic mass is 10.1. The molecule has 1 N–H and O–H groups in total. The fourth-order valence-electron chi connectivity index (χ4n) is 4.12. The van der Waals surface area contributed by atoms with Crippen molar-refractivity contribution in [3.63, 3.8) is 0 Å². The van der Waals surface area contributed by atoms with Gasteiger partial charge in [-0.3, -0.25) is 4.79 Å². The molecule has 4 rings (SSSR count). The third kappa shape index (κ3) is 5.51. The normalized spacial score (nSPS) is 11.2. The Balaban J connectivity index is 1.54. The van der Waals surface area contributed by atoms with E-state index in [1.54, 1.807) is 16.9 Å². The Hall–Kier alpha value is -3.87. The molecule has 3 aromatic carbocycles. The molecule has 36 heavy (non-hydrogen) atoms. The van der Waals surface area contributed by atoms with Gasteiger partial charge < -0.3 is 15.0 Å². The maximum atomic E-state index is 12.9. The Morgan fingerprint density at radius 3 is 2.22 bits per heavy atom. The molecule has 1 amide bonds. The van der Waals surface area contributed by atoms with E-state index in [9.17, 15) is 4.79 Å². The summed E-state index contributed by atoms with van der Waals surface area (Å²) >= 11 is 0. The maximum Gasteiger partial charge on any atom is 0.255 e. The summed E-state index contributed by atoms with van der Waals surface area (Å²) in [4.78, 5) is 16.9. The third-order valence-corrected chi connectivity index (χ3v) is 6.20. The molecule has 1 aromatic heterocycles. The SMILES string of the molecule is CCN(CC)c1ccc(-n2nc3cc(C)c(NC(=O)c4ccc(OCC(C)C)cc4)cc3n2)c(C)c1. The Kier molecular flexibility index (Phi) is 7.58. The molecule has 0 atom stereocenters. The van der Waals surface area contributed by atoms with E-state index < -0.39 is 0 Å². The minimum Gasteiger partial charge on any atom is -0.493 e. The zero-order valence-electron chi connectivity index (χ0n) is 22.0. The van der Waals surface area contributed by atoms with E-state index in [1.165, 1.54) is 5.69 Å². The summed E-state index contributed by atoms with van der Waals surface area (Å²) in [6.07, 6.45) is 0. The van der Waals surface area contributed by atoms with Gasteiger partial charge in [0.1, 0.15) is 16.8 Å². The zero-order chi connectivity index (χ0) is 25.8. The van der Waals surface area contributed by atoms with Crippen molar-refractivity contribution in [2.75, 3.05) is 29.9 Å². The molecular formula is C29H35N5O2. The molecule has 0 fully saturated rings. The minimum atomic E-state index is -0.178. The number of hydrogen-bond acceptors (Lipinski definition) is 5. The molecule has 0 spiro atoms. The number of hydrogen-bond donors (Lipinski definition) is 1. The number of rotatable bonds is 9. The smallest absolute Gasteiger partial charge is 0.255 e. The van der Waals surface area contributed by atoms with E-state index in [0.29, 0.717) is 23.8 Å².